The second-order valence-corrected chi connectivity index (χ2v) is 4.36. The lowest BCUT2D eigenvalue weighted by Gasteiger charge is -2.08. The second kappa shape index (κ2) is 6.55. The van der Waals surface area contributed by atoms with Crippen LogP contribution in [0.3, 0.4) is 0 Å². The summed E-state index contributed by atoms with van der Waals surface area (Å²) in [5.41, 5.74) is 7.48. The smallest absolute Gasteiger partial charge is 0.238 e. The van der Waals surface area contributed by atoms with E-state index in [2.05, 4.69) is 16.3 Å². The molecular formula is C15H16N4O. The molecule has 0 radical (unpaired) electrons. The van der Waals surface area contributed by atoms with Crippen LogP contribution in [0, 0.1) is 12.3 Å². The first kappa shape index (κ1) is 13.8. The highest BCUT2D eigenvalue weighted by Gasteiger charge is 2.11. The van der Waals surface area contributed by atoms with Crippen LogP contribution >= 0.6 is 0 Å². The van der Waals surface area contributed by atoms with E-state index >= 15 is 0 Å². The van der Waals surface area contributed by atoms with E-state index in [4.69, 9.17) is 12.2 Å². The fourth-order valence-corrected chi connectivity index (χ4v) is 1.71. The Morgan fingerprint density at radius 2 is 2.20 bits per heavy atom. The molecule has 0 aliphatic carbocycles. The van der Waals surface area contributed by atoms with Crippen molar-refractivity contribution in [2.75, 3.05) is 0 Å². The summed E-state index contributed by atoms with van der Waals surface area (Å²) >= 11 is 0. The van der Waals surface area contributed by atoms with Crippen molar-refractivity contribution < 1.29 is 4.79 Å². The number of hydrogen-bond donors (Lipinski definition) is 2. The van der Waals surface area contributed by atoms with Crippen molar-refractivity contribution in [1.29, 1.82) is 0 Å². The summed E-state index contributed by atoms with van der Waals surface area (Å²) in [5, 5.41) is 6.98. The van der Waals surface area contributed by atoms with Crippen molar-refractivity contribution in [2.24, 2.45) is 5.73 Å². The summed E-state index contributed by atoms with van der Waals surface area (Å²) in [4.78, 5) is 11.6. The Balaban J connectivity index is 1.94. The Bertz CT molecular complexity index is 612. The number of nitrogens with zero attached hydrogens (tertiary/aromatic N) is 2. The lowest BCUT2D eigenvalue weighted by atomic mass is 10.2. The van der Waals surface area contributed by atoms with Crippen molar-refractivity contribution in [1.82, 2.24) is 15.1 Å². The molecule has 0 saturated carbocycles. The molecule has 0 fully saturated rings. The predicted molar refractivity (Wildman–Crippen MR) is 76.8 cm³/mol. The molecule has 20 heavy (non-hydrogen) atoms. The zero-order valence-electron chi connectivity index (χ0n) is 11.0. The number of carbonyl (C=O) groups is 1. The fraction of sp³-hybridized carbons (Fsp3) is 0.200. The molecule has 102 valence electrons. The average molecular weight is 268 g/mol. The standard InChI is InChI=1S/C15H16N4O/c1-2-6-14(16)15(20)17-9-12-10-18-19(11-12)13-7-4-3-5-8-13/h1,3-5,7-8,10-11,14H,6,9,16H2,(H,17,20). The summed E-state index contributed by atoms with van der Waals surface area (Å²) in [5.74, 6) is 2.12. The first-order valence-corrected chi connectivity index (χ1v) is 6.26. The van der Waals surface area contributed by atoms with Crippen molar-refractivity contribution in [2.45, 2.75) is 19.0 Å². The van der Waals surface area contributed by atoms with E-state index in [-0.39, 0.29) is 12.3 Å². The number of para-hydroxylation sites is 1. The number of benzene rings is 1. The molecule has 0 bridgehead atoms. The third-order valence-corrected chi connectivity index (χ3v) is 2.80. The maximum atomic E-state index is 11.6. The van der Waals surface area contributed by atoms with Crippen LogP contribution in [0.25, 0.3) is 5.69 Å². The molecule has 1 heterocycles. The highest BCUT2D eigenvalue weighted by atomic mass is 16.2. The van der Waals surface area contributed by atoms with Crippen LogP contribution in [0.1, 0.15) is 12.0 Å². The van der Waals surface area contributed by atoms with E-state index in [9.17, 15) is 4.79 Å². The highest BCUT2D eigenvalue weighted by molar-refractivity contribution is 5.81. The monoisotopic (exact) mass is 268 g/mol. The van der Waals surface area contributed by atoms with Gasteiger partial charge in [-0.15, -0.1) is 12.3 Å². The molecule has 5 heteroatoms. The van der Waals surface area contributed by atoms with Crippen LogP contribution in [-0.4, -0.2) is 21.7 Å². The number of rotatable bonds is 5. The molecular weight excluding hydrogens is 252 g/mol. The largest absolute Gasteiger partial charge is 0.351 e. The van der Waals surface area contributed by atoms with Crippen molar-refractivity contribution >= 4 is 5.91 Å². The van der Waals surface area contributed by atoms with E-state index < -0.39 is 6.04 Å². The van der Waals surface area contributed by atoms with E-state index in [1.807, 2.05) is 36.5 Å². The van der Waals surface area contributed by atoms with Gasteiger partial charge in [0, 0.05) is 24.7 Å². The Kier molecular flexibility index (Phi) is 4.53. The predicted octanol–water partition coefficient (Wildman–Crippen LogP) is 0.839. The number of nitrogens with one attached hydrogen (secondary N) is 1. The maximum absolute atomic E-state index is 11.6. The Labute approximate surface area is 117 Å². The summed E-state index contributed by atoms with van der Waals surface area (Å²) in [6.45, 7) is 0.379. The van der Waals surface area contributed by atoms with Gasteiger partial charge in [-0.2, -0.15) is 5.10 Å². The molecule has 2 rings (SSSR count). The first-order chi connectivity index (χ1) is 9.70. The molecule has 0 saturated heterocycles. The molecule has 1 atom stereocenters. The van der Waals surface area contributed by atoms with Gasteiger partial charge in [-0.05, 0) is 12.1 Å². The number of amides is 1. The lowest BCUT2D eigenvalue weighted by Crippen LogP contribution is -2.39. The van der Waals surface area contributed by atoms with Crippen molar-refractivity contribution in [3.8, 4) is 18.0 Å². The molecule has 2 aromatic rings. The first-order valence-electron chi connectivity index (χ1n) is 6.26. The third-order valence-electron chi connectivity index (χ3n) is 2.80. The van der Waals surface area contributed by atoms with Crippen molar-refractivity contribution in [3.63, 3.8) is 0 Å². The van der Waals surface area contributed by atoms with E-state index in [1.54, 1.807) is 10.9 Å². The summed E-state index contributed by atoms with van der Waals surface area (Å²) < 4.78 is 1.75. The molecule has 1 aromatic carbocycles. The van der Waals surface area contributed by atoms with Gasteiger partial charge in [-0.3, -0.25) is 4.79 Å². The maximum Gasteiger partial charge on any atom is 0.238 e. The third kappa shape index (κ3) is 3.46. The molecule has 5 nitrogen and oxygen atoms in total. The van der Waals surface area contributed by atoms with Gasteiger partial charge in [0.15, 0.2) is 0 Å². The van der Waals surface area contributed by atoms with Gasteiger partial charge in [-0.1, -0.05) is 18.2 Å². The normalized spacial score (nSPS) is 11.6. The Morgan fingerprint density at radius 3 is 2.90 bits per heavy atom. The zero-order valence-corrected chi connectivity index (χ0v) is 11.0. The molecule has 1 amide bonds. The van der Waals surface area contributed by atoms with Gasteiger partial charge in [0.1, 0.15) is 0 Å². The Morgan fingerprint density at radius 1 is 1.45 bits per heavy atom. The van der Waals surface area contributed by atoms with Crippen LogP contribution in [-0.2, 0) is 11.3 Å². The molecule has 0 aliphatic heterocycles. The molecule has 1 aromatic heterocycles. The minimum absolute atomic E-state index is 0.231. The van der Waals surface area contributed by atoms with E-state index in [0.717, 1.165) is 11.3 Å². The van der Waals surface area contributed by atoms with Gasteiger partial charge in [-0.25, -0.2) is 4.68 Å². The van der Waals surface area contributed by atoms with Gasteiger partial charge in [0.25, 0.3) is 0 Å². The quantitative estimate of drug-likeness (QED) is 0.789. The number of terminal acetylenes is 1. The van der Waals surface area contributed by atoms with Crippen LogP contribution in [0.5, 0.6) is 0 Å². The number of aromatic nitrogens is 2. The van der Waals surface area contributed by atoms with Crippen LogP contribution in [0.4, 0.5) is 0 Å². The molecule has 3 N–H and O–H groups in total. The molecule has 0 aliphatic rings. The second-order valence-electron chi connectivity index (χ2n) is 4.36. The van der Waals surface area contributed by atoms with Crippen LogP contribution in [0.2, 0.25) is 0 Å². The average Bonchev–Trinajstić information content (AvgIpc) is 2.95. The van der Waals surface area contributed by atoms with Gasteiger partial charge in [0.2, 0.25) is 5.91 Å². The topological polar surface area (TPSA) is 72.9 Å². The summed E-state index contributed by atoms with van der Waals surface area (Å²) in [6.07, 6.45) is 8.92. The van der Waals surface area contributed by atoms with Gasteiger partial charge in [0.05, 0.1) is 17.9 Å². The van der Waals surface area contributed by atoms with Gasteiger partial charge >= 0.3 is 0 Å². The SMILES string of the molecule is C#CCC(N)C(=O)NCc1cnn(-c2ccccc2)c1. The number of hydrogen-bond acceptors (Lipinski definition) is 3. The van der Waals surface area contributed by atoms with E-state index in [0.29, 0.717) is 6.54 Å². The zero-order chi connectivity index (χ0) is 14.4. The minimum Gasteiger partial charge on any atom is -0.351 e. The van der Waals surface area contributed by atoms with Gasteiger partial charge < -0.3 is 11.1 Å². The van der Waals surface area contributed by atoms with Crippen molar-refractivity contribution in [3.05, 3.63) is 48.3 Å². The number of nitrogens with two attached hydrogens (primary N) is 1. The highest BCUT2D eigenvalue weighted by Crippen LogP contribution is 2.07. The summed E-state index contributed by atoms with van der Waals surface area (Å²) in [7, 11) is 0. The van der Waals surface area contributed by atoms with Crippen LogP contribution < -0.4 is 11.1 Å². The molecule has 0 spiro atoms. The lowest BCUT2D eigenvalue weighted by molar-refractivity contribution is -0.122. The fourth-order valence-electron chi connectivity index (χ4n) is 1.71. The summed E-state index contributed by atoms with van der Waals surface area (Å²) in [6, 6.07) is 9.08. The van der Waals surface area contributed by atoms with Crippen LogP contribution in [0.15, 0.2) is 42.7 Å². The van der Waals surface area contributed by atoms with E-state index in [1.165, 1.54) is 0 Å². The Hall–Kier alpha value is -2.58. The molecule has 1 unspecified atom stereocenters. The number of carbonyl (C=O) groups excluding carboxylic acids is 1. The minimum atomic E-state index is -0.663.